The van der Waals surface area contributed by atoms with Crippen molar-refractivity contribution in [2.45, 2.75) is 18.7 Å². The van der Waals surface area contributed by atoms with Gasteiger partial charge in [-0.2, -0.15) is 0 Å². The first-order valence-corrected chi connectivity index (χ1v) is 8.93. The van der Waals surface area contributed by atoms with Crippen molar-refractivity contribution in [1.82, 2.24) is 0 Å². The van der Waals surface area contributed by atoms with Crippen LogP contribution in [0.25, 0.3) is 22.3 Å². The van der Waals surface area contributed by atoms with Crippen molar-refractivity contribution in [3.63, 3.8) is 0 Å². The highest BCUT2D eigenvalue weighted by Crippen LogP contribution is 2.28. The van der Waals surface area contributed by atoms with Crippen LogP contribution in [0.15, 0.2) is 65.6 Å². The molecule has 2 heteroatoms. The Morgan fingerprint density at radius 3 is 1.83 bits per heavy atom. The first kappa shape index (κ1) is 16.0. The van der Waals surface area contributed by atoms with Crippen LogP contribution >= 0.6 is 11.8 Å². The van der Waals surface area contributed by atoms with Gasteiger partial charge in [-0.05, 0) is 60.1 Å². The van der Waals surface area contributed by atoms with Crippen molar-refractivity contribution in [1.29, 1.82) is 0 Å². The molecule has 23 heavy (non-hydrogen) atoms. The van der Waals surface area contributed by atoms with Crippen LogP contribution in [0.1, 0.15) is 11.1 Å². The Morgan fingerprint density at radius 2 is 1.22 bits per heavy atom. The first-order chi connectivity index (χ1) is 11.1. The van der Waals surface area contributed by atoms with E-state index in [9.17, 15) is 0 Å². The predicted molar refractivity (Wildman–Crippen MR) is 104 cm³/mol. The normalized spacial score (nSPS) is 10.7. The molecule has 0 saturated carbocycles. The topological polar surface area (TPSA) is 0 Å². The van der Waals surface area contributed by atoms with Gasteiger partial charge in [0.1, 0.15) is 7.85 Å². The third-order valence-corrected chi connectivity index (χ3v) is 5.02. The van der Waals surface area contributed by atoms with Crippen LogP contribution in [0.2, 0.25) is 0 Å². The van der Waals surface area contributed by atoms with Gasteiger partial charge in [-0.3, -0.25) is 0 Å². The number of thioether (sulfide) groups is 1. The summed E-state index contributed by atoms with van der Waals surface area (Å²) in [6, 6.07) is 21.5. The van der Waals surface area contributed by atoms with Crippen LogP contribution in [0.5, 0.6) is 0 Å². The van der Waals surface area contributed by atoms with Crippen molar-refractivity contribution in [2.75, 3.05) is 6.26 Å². The molecule has 0 aliphatic heterocycles. The summed E-state index contributed by atoms with van der Waals surface area (Å²) < 4.78 is 0. The number of hydrogen-bond acceptors (Lipinski definition) is 1. The fourth-order valence-electron chi connectivity index (χ4n) is 2.80. The standard InChI is InChI=1S/C21H19BS/c1-14-4-6-16(7-5-14)19-12-13-20(21(22)15(19)2)17-8-10-18(23-3)11-9-17/h4-13H,1-3H3. The molecular weight excluding hydrogens is 295 g/mol. The van der Waals surface area contributed by atoms with Crippen LogP contribution in [0.3, 0.4) is 0 Å². The van der Waals surface area contributed by atoms with Crippen molar-refractivity contribution < 1.29 is 0 Å². The van der Waals surface area contributed by atoms with Crippen LogP contribution < -0.4 is 5.46 Å². The van der Waals surface area contributed by atoms with Gasteiger partial charge < -0.3 is 0 Å². The maximum Gasteiger partial charge on any atom is 0.115 e. The second kappa shape index (κ2) is 6.68. The quantitative estimate of drug-likeness (QED) is 0.476. The molecule has 0 amide bonds. The van der Waals surface area contributed by atoms with Gasteiger partial charge in [0.25, 0.3) is 0 Å². The highest BCUT2D eigenvalue weighted by Gasteiger charge is 2.09. The lowest BCUT2D eigenvalue weighted by Gasteiger charge is -2.15. The highest BCUT2D eigenvalue weighted by atomic mass is 32.2. The molecule has 3 aromatic rings. The highest BCUT2D eigenvalue weighted by molar-refractivity contribution is 7.98. The lowest BCUT2D eigenvalue weighted by Crippen LogP contribution is -2.12. The molecular formula is C21H19BS. The summed E-state index contributed by atoms with van der Waals surface area (Å²) in [7, 11) is 6.45. The number of aryl methyl sites for hydroxylation is 1. The van der Waals surface area contributed by atoms with Gasteiger partial charge in [0, 0.05) is 4.90 Å². The number of rotatable bonds is 3. The summed E-state index contributed by atoms with van der Waals surface area (Å²) in [5.74, 6) is 0. The zero-order chi connectivity index (χ0) is 16.4. The van der Waals surface area contributed by atoms with Crippen LogP contribution in [-0.4, -0.2) is 14.1 Å². The minimum atomic E-state index is 0.861. The van der Waals surface area contributed by atoms with E-state index in [1.54, 1.807) is 11.8 Å². The van der Waals surface area contributed by atoms with E-state index in [4.69, 9.17) is 7.85 Å². The SMILES string of the molecule is [B]c1c(-c2ccc(SC)cc2)ccc(-c2ccc(C)cc2)c1C. The molecule has 0 unspecified atom stereocenters. The zero-order valence-electron chi connectivity index (χ0n) is 13.8. The fraction of sp³-hybridized carbons (Fsp3) is 0.143. The molecule has 0 N–H and O–H groups in total. The Morgan fingerprint density at radius 1 is 0.696 bits per heavy atom. The van der Waals surface area contributed by atoms with E-state index in [1.807, 2.05) is 0 Å². The third kappa shape index (κ3) is 3.23. The van der Waals surface area contributed by atoms with E-state index >= 15 is 0 Å². The largest absolute Gasteiger partial charge is 0.130 e. The van der Waals surface area contributed by atoms with Gasteiger partial charge in [0.15, 0.2) is 0 Å². The fourth-order valence-corrected chi connectivity index (χ4v) is 3.20. The minimum absolute atomic E-state index is 0.861. The second-order valence-corrected chi connectivity index (χ2v) is 6.67. The minimum Gasteiger partial charge on any atom is -0.130 e. The van der Waals surface area contributed by atoms with E-state index in [-0.39, 0.29) is 0 Å². The molecule has 0 saturated heterocycles. The maximum atomic E-state index is 6.45. The monoisotopic (exact) mass is 314 g/mol. The summed E-state index contributed by atoms with van der Waals surface area (Å²) in [6.45, 7) is 4.20. The van der Waals surface area contributed by atoms with E-state index in [0.717, 1.165) is 16.6 Å². The Kier molecular flexibility index (Phi) is 4.63. The molecule has 0 aliphatic rings. The van der Waals surface area contributed by atoms with Gasteiger partial charge in [-0.25, -0.2) is 0 Å². The third-order valence-electron chi connectivity index (χ3n) is 4.28. The molecule has 0 nitrogen and oxygen atoms in total. The molecule has 2 radical (unpaired) electrons. The summed E-state index contributed by atoms with van der Waals surface area (Å²) >= 11 is 1.75. The zero-order valence-corrected chi connectivity index (χ0v) is 14.6. The van der Waals surface area contributed by atoms with Crippen LogP contribution in [0.4, 0.5) is 0 Å². The molecule has 0 spiro atoms. The first-order valence-electron chi connectivity index (χ1n) is 7.70. The van der Waals surface area contributed by atoms with Gasteiger partial charge in [-0.1, -0.05) is 59.6 Å². The Balaban J connectivity index is 2.04. The van der Waals surface area contributed by atoms with Crippen LogP contribution in [0, 0.1) is 13.8 Å². The van der Waals surface area contributed by atoms with Crippen LogP contribution in [-0.2, 0) is 0 Å². The molecule has 0 fully saturated rings. The van der Waals surface area contributed by atoms with E-state index < -0.39 is 0 Å². The molecule has 3 rings (SSSR count). The Labute approximate surface area is 144 Å². The lowest BCUT2D eigenvalue weighted by molar-refractivity contribution is 1.44. The van der Waals surface area contributed by atoms with Crippen molar-refractivity contribution in [3.8, 4) is 22.3 Å². The average Bonchev–Trinajstić information content (AvgIpc) is 2.58. The molecule has 0 atom stereocenters. The molecule has 112 valence electrons. The van der Waals surface area contributed by atoms with Crippen molar-refractivity contribution >= 4 is 25.1 Å². The molecule has 0 aromatic heterocycles. The Hall–Kier alpha value is -1.93. The van der Waals surface area contributed by atoms with Gasteiger partial charge in [-0.15, -0.1) is 11.8 Å². The average molecular weight is 314 g/mol. The lowest BCUT2D eigenvalue weighted by atomic mass is 9.80. The second-order valence-electron chi connectivity index (χ2n) is 5.79. The van der Waals surface area contributed by atoms with Gasteiger partial charge in [0.05, 0.1) is 0 Å². The van der Waals surface area contributed by atoms with E-state index in [1.165, 1.54) is 27.1 Å². The predicted octanol–water partition coefficient (Wildman–Crippen LogP) is 5.15. The smallest absolute Gasteiger partial charge is 0.115 e. The van der Waals surface area contributed by atoms with E-state index in [2.05, 4.69) is 80.8 Å². The number of benzene rings is 3. The summed E-state index contributed by atoms with van der Waals surface area (Å²) in [4.78, 5) is 1.26. The van der Waals surface area contributed by atoms with Crippen molar-refractivity contribution in [3.05, 3.63) is 71.8 Å². The van der Waals surface area contributed by atoms with Gasteiger partial charge >= 0.3 is 0 Å². The molecule has 0 heterocycles. The number of hydrogen-bond donors (Lipinski definition) is 0. The maximum absolute atomic E-state index is 6.45. The molecule has 0 bridgehead atoms. The summed E-state index contributed by atoms with van der Waals surface area (Å²) in [5, 5.41) is 0. The Bertz CT molecular complexity index is 818. The van der Waals surface area contributed by atoms with Crippen molar-refractivity contribution in [2.24, 2.45) is 0 Å². The molecule has 0 aliphatic carbocycles. The van der Waals surface area contributed by atoms with E-state index in [0.29, 0.717) is 0 Å². The summed E-state index contributed by atoms with van der Waals surface area (Å²) in [5.41, 5.74) is 7.95. The summed E-state index contributed by atoms with van der Waals surface area (Å²) in [6.07, 6.45) is 2.09. The van der Waals surface area contributed by atoms with Gasteiger partial charge in [0.2, 0.25) is 0 Å². The molecule has 3 aromatic carbocycles.